The molecule has 86 valence electrons. The van der Waals surface area contributed by atoms with Crippen LogP contribution >= 0.6 is 27.5 Å². The molecule has 0 aliphatic heterocycles. The van der Waals surface area contributed by atoms with Crippen molar-refractivity contribution in [2.45, 2.75) is 6.92 Å². The van der Waals surface area contributed by atoms with Gasteiger partial charge in [0, 0.05) is 17.5 Å². The molecule has 0 saturated carbocycles. The predicted molar refractivity (Wildman–Crippen MR) is 65.2 cm³/mol. The Morgan fingerprint density at radius 2 is 2.06 bits per heavy atom. The summed E-state index contributed by atoms with van der Waals surface area (Å²) in [5.41, 5.74) is 0.760. The average Bonchev–Trinajstić information content (AvgIpc) is 2.19. The number of anilines is 1. The molecule has 0 spiro atoms. The first kappa shape index (κ1) is 13.0. The van der Waals surface area contributed by atoms with Gasteiger partial charge in [-0.3, -0.25) is 9.59 Å². The highest BCUT2D eigenvalue weighted by atomic mass is 79.9. The van der Waals surface area contributed by atoms with Crippen LogP contribution in [0.2, 0.25) is 0 Å². The van der Waals surface area contributed by atoms with E-state index in [1.54, 1.807) is 0 Å². The van der Waals surface area contributed by atoms with Crippen molar-refractivity contribution in [1.82, 2.24) is 0 Å². The Morgan fingerprint density at radius 1 is 1.44 bits per heavy atom. The van der Waals surface area contributed by atoms with Gasteiger partial charge in [-0.15, -0.1) is 0 Å². The zero-order chi connectivity index (χ0) is 12.3. The molecule has 1 amide bonds. The van der Waals surface area contributed by atoms with Crippen LogP contribution in [0.1, 0.15) is 17.3 Å². The lowest BCUT2D eigenvalue weighted by atomic mass is 10.2. The first-order valence-electron chi connectivity index (χ1n) is 4.30. The number of hydrogen-bond acceptors (Lipinski definition) is 3. The number of amides is 1. The van der Waals surface area contributed by atoms with Crippen molar-refractivity contribution in [3.05, 3.63) is 22.2 Å². The molecule has 1 aromatic carbocycles. The lowest BCUT2D eigenvalue weighted by Crippen LogP contribution is -2.07. The fraction of sp³-hybridized carbons (Fsp3) is 0.200. The van der Waals surface area contributed by atoms with E-state index in [9.17, 15) is 9.59 Å². The van der Waals surface area contributed by atoms with Gasteiger partial charge in [-0.1, -0.05) is 0 Å². The van der Waals surface area contributed by atoms with Crippen LogP contribution in [0.4, 0.5) is 5.69 Å². The van der Waals surface area contributed by atoms with E-state index in [4.69, 9.17) is 16.3 Å². The highest BCUT2D eigenvalue weighted by molar-refractivity contribution is 9.10. The van der Waals surface area contributed by atoms with E-state index in [2.05, 4.69) is 21.2 Å². The number of hydrogen-bond donors (Lipinski definition) is 1. The maximum atomic E-state index is 11.1. The smallest absolute Gasteiger partial charge is 0.256 e. The molecule has 6 heteroatoms. The molecule has 0 radical (unpaired) electrons. The number of carbonyl (C=O) groups is 2. The molecule has 0 aliphatic carbocycles. The number of methoxy groups -OCH3 is 1. The lowest BCUT2D eigenvalue weighted by Gasteiger charge is -2.10. The standard InChI is InChI=1S/C10H9BrClNO3/c1-5(14)13-8-4-9(16-2)6(10(12)15)3-7(8)11/h3-4H,1-2H3,(H,13,14). The Labute approximate surface area is 106 Å². The van der Waals surface area contributed by atoms with Gasteiger partial charge in [-0.2, -0.15) is 0 Å². The summed E-state index contributed by atoms with van der Waals surface area (Å²) in [6, 6.07) is 3.03. The predicted octanol–water partition coefficient (Wildman–Crippen LogP) is 2.80. The van der Waals surface area contributed by atoms with Crippen LogP contribution in [-0.4, -0.2) is 18.3 Å². The summed E-state index contributed by atoms with van der Waals surface area (Å²) < 4.78 is 5.57. The molecule has 1 rings (SSSR count). The van der Waals surface area contributed by atoms with E-state index in [-0.39, 0.29) is 11.5 Å². The van der Waals surface area contributed by atoms with Crippen LogP contribution in [0.15, 0.2) is 16.6 Å². The Kier molecular flexibility index (Phi) is 4.32. The van der Waals surface area contributed by atoms with E-state index in [1.807, 2.05) is 0 Å². The van der Waals surface area contributed by atoms with Gasteiger partial charge in [-0.25, -0.2) is 0 Å². The maximum Gasteiger partial charge on any atom is 0.256 e. The molecule has 0 fully saturated rings. The van der Waals surface area contributed by atoms with Crippen LogP contribution in [-0.2, 0) is 4.79 Å². The monoisotopic (exact) mass is 305 g/mol. The first-order valence-corrected chi connectivity index (χ1v) is 5.47. The number of carbonyl (C=O) groups excluding carboxylic acids is 2. The second-order valence-electron chi connectivity index (χ2n) is 2.99. The third-order valence-corrected chi connectivity index (χ3v) is 2.67. The molecule has 16 heavy (non-hydrogen) atoms. The quantitative estimate of drug-likeness (QED) is 0.874. The summed E-state index contributed by atoms with van der Waals surface area (Å²) in [7, 11) is 1.42. The van der Waals surface area contributed by atoms with Crippen LogP contribution in [0.25, 0.3) is 0 Å². The molecule has 0 saturated heterocycles. The maximum absolute atomic E-state index is 11.1. The molecule has 4 nitrogen and oxygen atoms in total. The Balaban J connectivity index is 3.25. The minimum absolute atomic E-state index is 0.215. The van der Waals surface area contributed by atoms with Gasteiger partial charge < -0.3 is 10.1 Å². The van der Waals surface area contributed by atoms with Gasteiger partial charge in [0.25, 0.3) is 5.24 Å². The van der Waals surface area contributed by atoms with E-state index < -0.39 is 5.24 Å². The zero-order valence-electron chi connectivity index (χ0n) is 8.64. The normalized spacial score (nSPS) is 9.75. The van der Waals surface area contributed by atoms with Crippen LogP contribution in [0.3, 0.4) is 0 Å². The van der Waals surface area contributed by atoms with E-state index >= 15 is 0 Å². The van der Waals surface area contributed by atoms with Gasteiger partial charge >= 0.3 is 0 Å². The molecule has 0 unspecified atom stereocenters. The fourth-order valence-electron chi connectivity index (χ4n) is 1.16. The zero-order valence-corrected chi connectivity index (χ0v) is 11.0. The second-order valence-corrected chi connectivity index (χ2v) is 4.18. The third kappa shape index (κ3) is 2.96. The van der Waals surface area contributed by atoms with Gasteiger partial charge in [-0.05, 0) is 33.6 Å². The minimum Gasteiger partial charge on any atom is -0.496 e. The second kappa shape index (κ2) is 5.32. The summed E-state index contributed by atoms with van der Waals surface area (Å²) in [4.78, 5) is 22.0. The molecule has 0 atom stereocenters. The summed E-state index contributed by atoms with van der Waals surface area (Å²) in [6.07, 6.45) is 0. The van der Waals surface area contributed by atoms with Crippen LogP contribution < -0.4 is 10.1 Å². The topological polar surface area (TPSA) is 55.4 Å². The van der Waals surface area contributed by atoms with Crippen molar-refractivity contribution >= 4 is 44.4 Å². The van der Waals surface area contributed by atoms with Crippen molar-refractivity contribution in [2.75, 3.05) is 12.4 Å². The SMILES string of the molecule is COc1cc(NC(C)=O)c(Br)cc1C(=O)Cl. The number of nitrogens with one attached hydrogen (secondary N) is 1. The average molecular weight is 307 g/mol. The molecule has 0 aromatic heterocycles. The largest absolute Gasteiger partial charge is 0.496 e. The highest BCUT2D eigenvalue weighted by Gasteiger charge is 2.14. The van der Waals surface area contributed by atoms with Crippen LogP contribution in [0, 0.1) is 0 Å². The summed E-state index contributed by atoms with van der Waals surface area (Å²) in [5.74, 6) is 0.0969. The number of benzene rings is 1. The fourth-order valence-corrected chi connectivity index (χ4v) is 1.75. The number of halogens is 2. The molecule has 1 aromatic rings. The third-order valence-electron chi connectivity index (χ3n) is 1.81. The molecule has 0 heterocycles. The van der Waals surface area contributed by atoms with Crippen LogP contribution in [0.5, 0.6) is 5.75 Å². The molecule has 1 N–H and O–H groups in total. The van der Waals surface area contributed by atoms with Crippen molar-refractivity contribution in [3.8, 4) is 5.75 Å². The van der Waals surface area contributed by atoms with E-state index in [1.165, 1.54) is 26.2 Å². The highest BCUT2D eigenvalue weighted by Crippen LogP contribution is 2.32. The van der Waals surface area contributed by atoms with E-state index in [0.717, 1.165) is 0 Å². The molecule has 0 bridgehead atoms. The lowest BCUT2D eigenvalue weighted by molar-refractivity contribution is -0.114. The number of ether oxygens (including phenoxy) is 1. The van der Waals surface area contributed by atoms with Gasteiger partial charge in [0.05, 0.1) is 18.4 Å². The van der Waals surface area contributed by atoms with Crippen molar-refractivity contribution < 1.29 is 14.3 Å². The minimum atomic E-state index is -0.619. The molecular formula is C10H9BrClNO3. The number of rotatable bonds is 3. The van der Waals surface area contributed by atoms with Crippen molar-refractivity contribution in [1.29, 1.82) is 0 Å². The van der Waals surface area contributed by atoms with Gasteiger partial charge in [0.2, 0.25) is 5.91 Å². The van der Waals surface area contributed by atoms with Gasteiger partial charge in [0.1, 0.15) is 5.75 Å². The van der Waals surface area contributed by atoms with Gasteiger partial charge in [0.15, 0.2) is 0 Å². The summed E-state index contributed by atoms with van der Waals surface area (Å²) >= 11 is 8.62. The Hall–Kier alpha value is -1.07. The Morgan fingerprint density at radius 3 is 2.50 bits per heavy atom. The van der Waals surface area contributed by atoms with Crippen molar-refractivity contribution in [2.24, 2.45) is 0 Å². The molecule has 0 aliphatic rings. The van der Waals surface area contributed by atoms with E-state index in [0.29, 0.717) is 15.9 Å². The Bertz CT molecular complexity index is 448. The summed E-state index contributed by atoms with van der Waals surface area (Å²) in [5, 5.41) is 1.98. The summed E-state index contributed by atoms with van der Waals surface area (Å²) in [6.45, 7) is 1.39. The molecular weight excluding hydrogens is 297 g/mol. The van der Waals surface area contributed by atoms with Crippen molar-refractivity contribution in [3.63, 3.8) is 0 Å². The first-order chi connectivity index (χ1) is 7.45.